The maximum atomic E-state index is 13.9. The van der Waals surface area contributed by atoms with Crippen LogP contribution in [0.1, 0.15) is 62.4 Å². The van der Waals surface area contributed by atoms with Crippen molar-refractivity contribution >= 4 is 0 Å². The molecule has 7 nitrogen and oxygen atoms in total. The number of rotatable bonds is 9. The van der Waals surface area contributed by atoms with Crippen LogP contribution in [0, 0.1) is 0 Å². The molecule has 3 aromatic carbocycles. The molecule has 0 saturated carbocycles. The van der Waals surface area contributed by atoms with Gasteiger partial charge in [-0.15, -0.1) is 5.10 Å². The standard InChI is InChI=1S/C31H34N6O/c1-5-10-25-20-37(29-23(6-2)11-9-14-26(29)21(3)4)31(38)36(25)19-22-15-17-24(18-16-22)27-12-7-8-13-28(27)30-32-34-35-33-30/h7-9,11-18,20-21H,5-6,10,19H2,1-4H3,(H,32,33,34,35). The van der Waals surface area contributed by atoms with Crippen molar-refractivity contribution in [2.75, 3.05) is 0 Å². The van der Waals surface area contributed by atoms with E-state index >= 15 is 0 Å². The Morgan fingerprint density at radius 1 is 0.921 bits per heavy atom. The van der Waals surface area contributed by atoms with Crippen molar-refractivity contribution in [3.8, 4) is 28.2 Å². The average Bonchev–Trinajstić information content (AvgIpc) is 3.58. The van der Waals surface area contributed by atoms with Gasteiger partial charge in [0.15, 0.2) is 5.82 Å². The van der Waals surface area contributed by atoms with Crippen molar-refractivity contribution < 1.29 is 0 Å². The van der Waals surface area contributed by atoms with Gasteiger partial charge in [-0.2, -0.15) is 0 Å². The predicted molar refractivity (Wildman–Crippen MR) is 152 cm³/mol. The summed E-state index contributed by atoms with van der Waals surface area (Å²) >= 11 is 0. The number of aryl methyl sites for hydroxylation is 2. The number of H-pyrrole nitrogens is 1. The van der Waals surface area contributed by atoms with Crippen LogP contribution < -0.4 is 5.69 Å². The highest BCUT2D eigenvalue weighted by Gasteiger charge is 2.19. The van der Waals surface area contributed by atoms with Gasteiger partial charge in [-0.25, -0.2) is 9.89 Å². The molecule has 2 heterocycles. The van der Waals surface area contributed by atoms with Gasteiger partial charge in [0.05, 0.1) is 12.2 Å². The Hall–Kier alpha value is -4.26. The zero-order chi connectivity index (χ0) is 26.6. The maximum Gasteiger partial charge on any atom is 0.333 e. The van der Waals surface area contributed by atoms with Gasteiger partial charge in [0, 0.05) is 17.5 Å². The van der Waals surface area contributed by atoms with Gasteiger partial charge in [0.25, 0.3) is 0 Å². The fraction of sp³-hybridized carbons (Fsp3) is 0.290. The number of hydrogen-bond donors (Lipinski definition) is 1. The van der Waals surface area contributed by atoms with E-state index in [9.17, 15) is 4.79 Å². The maximum absolute atomic E-state index is 13.9. The lowest BCUT2D eigenvalue weighted by molar-refractivity contribution is 0.689. The van der Waals surface area contributed by atoms with Crippen molar-refractivity contribution in [2.45, 2.75) is 59.4 Å². The molecule has 5 rings (SSSR count). The van der Waals surface area contributed by atoms with Gasteiger partial charge in [-0.1, -0.05) is 101 Å². The molecule has 0 aliphatic carbocycles. The van der Waals surface area contributed by atoms with Crippen LogP contribution in [0.5, 0.6) is 0 Å². The second kappa shape index (κ2) is 11.0. The fourth-order valence-corrected chi connectivity index (χ4v) is 5.15. The third-order valence-electron chi connectivity index (χ3n) is 7.10. The quantitative estimate of drug-likeness (QED) is 0.259. The lowest BCUT2D eigenvalue weighted by Gasteiger charge is -2.16. The summed E-state index contributed by atoms with van der Waals surface area (Å²) in [7, 11) is 0. The van der Waals surface area contributed by atoms with Crippen LogP contribution in [0.15, 0.2) is 77.7 Å². The minimum atomic E-state index is 0.0171. The summed E-state index contributed by atoms with van der Waals surface area (Å²) in [6.07, 6.45) is 4.76. The normalized spacial score (nSPS) is 11.4. The zero-order valence-corrected chi connectivity index (χ0v) is 22.5. The molecule has 0 amide bonds. The molecule has 0 aliphatic rings. The Morgan fingerprint density at radius 3 is 2.34 bits per heavy atom. The smallest absolute Gasteiger partial charge is 0.292 e. The summed E-state index contributed by atoms with van der Waals surface area (Å²) < 4.78 is 3.82. The molecule has 0 fully saturated rings. The number of hydrogen-bond acceptors (Lipinski definition) is 4. The Bertz CT molecular complexity index is 1580. The predicted octanol–water partition coefficient (Wildman–Crippen LogP) is 6.17. The van der Waals surface area contributed by atoms with E-state index in [1.807, 2.05) is 27.3 Å². The van der Waals surface area contributed by atoms with E-state index in [0.717, 1.165) is 52.9 Å². The van der Waals surface area contributed by atoms with Crippen molar-refractivity contribution in [3.63, 3.8) is 0 Å². The number of tetrazole rings is 1. The molecule has 7 heteroatoms. The van der Waals surface area contributed by atoms with E-state index in [2.05, 4.69) is 103 Å². The SMILES string of the molecule is CCCc1cn(-c2c(CC)cccc2C(C)C)c(=O)n1Cc1ccc(-c2ccccc2-c2nnn[nH]2)cc1. The molecule has 38 heavy (non-hydrogen) atoms. The van der Waals surface area contributed by atoms with Gasteiger partial charge in [0.2, 0.25) is 0 Å². The average molecular weight is 507 g/mol. The highest BCUT2D eigenvalue weighted by atomic mass is 16.1. The summed E-state index contributed by atoms with van der Waals surface area (Å²) in [5.74, 6) is 0.958. The third-order valence-corrected chi connectivity index (χ3v) is 7.10. The van der Waals surface area contributed by atoms with Crippen molar-refractivity contribution in [2.24, 2.45) is 0 Å². The highest BCUT2D eigenvalue weighted by Crippen LogP contribution is 2.30. The minimum absolute atomic E-state index is 0.0171. The van der Waals surface area contributed by atoms with Crippen LogP contribution in [-0.2, 0) is 19.4 Å². The summed E-state index contributed by atoms with van der Waals surface area (Å²) in [6, 6.07) is 22.8. The number of nitrogens with zero attached hydrogens (tertiary/aromatic N) is 5. The molecule has 0 radical (unpaired) electrons. The van der Waals surface area contributed by atoms with Crippen LogP contribution >= 0.6 is 0 Å². The Morgan fingerprint density at radius 2 is 1.68 bits per heavy atom. The lowest BCUT2D eigenvalue weighted by atomic mass is 9.96. The number of imidazole rings is 1. The Labute approximate surface area is 223 Å². The topological polar surface area (TPSA) is 81.4 Å². The van der Waals surface area contributed by atoms with E-state index in [4.69, 9.17) is 0 Å². The summed E-state index contributed by atoms with van der Waals surface area (Å²) in [4.78, 5) is 13.9. The second-order valence-electron chi connectivity index (χ2n) is 9.96. The van der Waals surface area contributed by atoms with E-state index < -0.39 is 0 Å². The molecule has 0 atom stereocenters. The Balaban J connectivity index is 1.52. The molecule has 1 N–H and O–H groups in total. The second-order valence-corrected chi connectivity index (χ2v) is 9.96. The Kier molecular flexibility index (Phi) is 7.36. The molecular formula is C31H34N6O. The molecule has 194 valence electrons. The number of aromatic nitrogens is 6. The van der Waals surface area contributed by atoms with Crippen LogP contribution in [0.4, 0.5) is 0 Å². The van der Waals surface area contributed by atoms with Crippen LogP contribution in [-0.4, -0.2) is 29.8 Å². The number of nitrogens with one attached hydrogen (secondary N) is 1. The lowest BCUT2D eigenvalue weighted by Crippen LogP contribution is -2.26. The van der Waals surface area contributed by atoms with Gasteiger partial charge in [0.1, 0.15) is 0 Å². The summed E-state index contributed by atoms with van der Waals surface area (Å²) in [6.45, 7) is 9.21. The number of benzene rings is 3. The zero-order valence-electron chi connectivity index (χ0n) is 22.5. The largest absolute Gasteiger partial charge is 0.333 e. The fourth-order valence-electron chi connectivity index (χ4n) is 5.15. The van der Waals surface area contributed by atoms with Crippen molar-refractivity contribution in [1.82, 2.24) is 29.8 Å². The first-order chi connectivity index (χ1) is 18.5. The van der Waals surface area contributed by atoms with Crippen molar-refractivity contribution in [3.05, 3.63) is 106 Å². The van der Waals surface area contributed by atoms with Crippen molar-refractivity contribution in [1.29, 1.82) is 0 Å². The molecule has 0 bridgehead atoms. The van der Waals surface area contributed by atoms with Crippen LogP contribution in [0.2, 0.25) is 0 Å². The van der Waals surface area contributed by atoms with Gasteiger partial charge >= 0.3 is 5.69 Å². The number of aromatic amines is 1. The third kappa shape index (κ3) is 4.84. The molecule has 0 aliphatic heterocycles. The van der Waals surface area contributed by atoms with E-state index in [0.29, 0.717) is 18.3 Å². The first kappa shape index (κ1) is 25.4. The molecule has 0 saturated heterocycles. The number of para-hydroxylation sites is 1. The highest BCUT2D eigenvalue weighted by molar-refractivity contribution is 5.80. The van der Waals surface area contributed by atoms with Gasteiger partial charge in [-0.05, 0) is 57.0 Å². The molecule has 0 spiro atoms. The van der Waals surface area contributed by atoms with E-state index in [1.165, 1.54) is 11.1 Å². The molecular weight excluding hydrogens is 472 g/mol. The van der Waals surface area contributed by atoms with E-state index in [1.54, 1.807) is 0 Å². The minimum Gasteiger partial charge on any atom is -0.292 e. The van der Waals surface area contributed by atoms with Gasteiger partial charge < -0.3 is 0 Å². The van der Waals surface area contributed by atoms with Crippen LogP contribution in [0.3, 0.4) is 0 Å². The molecule has 2 aromatic heterocycles. The molecule has 0 unspecified atom stereocenters. The van der Waals surface area contributed by atoms with Gasteiger partial charge in [-0.3, -0.25) is 9.13 Å². The first-order valence-electron chi connectivity index (χ1n) is 13.4. The van der Waals surface area contributed by atoms with E-state index in [-0.39, 0.29) is 5.69 Å². The monoisotopic (exact) mass is 506 g/mol. The summed E-state index contributed by atoms with van der Waals surface area (Å²) in [5.41, 5.74) is 8.66. The molecule has 5 aromatic rings. The summed E-state index contributed by atoms with van der Waals surface area (Å²) in [5, 5.41) is 14.4. The first-order valence-corrected chi connectivity index (χ1v) is 13.4. The van der Waals surface area contributed by atoms with Crippen LogP contribution in [0.25, 0.3) is 28.2 Å².